The van der Waals surface area contributed by atoms with E-state index < -0.39 is 17.7 Å². The number of esters is 1. The van der Waals surface area contributed by atoms with Crippen LogP contribution in [0.4, 0.5) is 4.79 Å². The summed E-state index contributed by atoms with van der Waals surface area (Å²) in [6.07, 6.45) is -0.368. The van der Waals surface area contributed by atoms with Crippen molar-refractivity contribution >= 4 is 23.2 Å². The lowest BCUT2D eigenvalue weighted by Crippen LogP contribution is -2.26. The van der Waals surface area contributed by atoms with E-state index in [2.05, 4.69) is 16.8 Å². The van der Waals surface area contributed by atoms with Gasteiger partial charge in [0.05, 0.1) is 6.61 Å². The minimum Gasteiger partial charge on any atom is -0.462 e. The molecule has 0 atom stereocenters. The highest BCUT2D eigenvalue weighted by molar-refractivity contribution is 5.86. The molecule has 0 saturated heterocycles. The first kappa shape index (κ1) is 22.0. The second-order valence-electron chi connectivity index (χ2n) is 8.01. The maximum Gasteiger partial charge on any atom is 0.514 e. The van der Waals surface area contributed by atoms with Crippen molar-refractivity contribution in [2.24, 2.45) is 0 Å². The van der Waals surface area contributed by atoms with E-state index in [1.54, 1.807) is 45.9 Å². The van der Waals surface area contributed by atoms with E-state index >= 15 is 0 Å². The highest BCUT2D eigenvalue weighted by Crippen LogP contribution is 2.26. The Morgan fingerprint density at radius 3 is 2.29 bits per heavy atom. The van der Waals surface area contributed by atoms with Crippen molar-refractivity contribution in [2.75, 3.05) is 6.61 Å². The van der Waals surface area contributed by atoms with Gasteiger partial charge in [-0.3, -0.25) is 0 Å². The zero-order valence-electron chi connectivity index (χ0n) is 18.0. The van der Waals surface area contributed by atoms with Gasteiger partial charge in [0, 0.05) is 12.0 Å². The lowest BCUT2D eigenvalue weighted by Gasteiger charge is -2.19. The van der Waals surface area contributed by atoms with Crippen molar-refractivity contribution in [2.45, 2.75) is 39.7 Å². The number of aromatic nitrogens is 3. The number of fused-ring (bicyclic) bond motifs is 1. The van der Waals surface area contributed by atoms with Gasteiger partial charge in [-0.2, -0.15) is 0 Å². The third kappa shape index (κ3) is 5.91. The fourth-order valence-electron chi connectivity index (χ4n) is 2.67. The van der Waals surface area contributed by atoms with E-state index in [-0.39, 0.29) is 12.4 Å². The van der Waals surface area contributed by atoms with Crippen LogP contribution in [0, 0.1) is 0 Å². The van der Waals surface area contributed by atoms with Gasteiger partial charge in [0.1, 0.15) is 22.3 Å². The maximum absolute atomic E-state index is 12.2. The molecule has 0 spiro atoms. The fraction of sp³-hybridized carbons (Fsp3) is 0.304. The molecule has 162 valence electrons. The van der Waals surface area contributed by atoms with Crippen LogP contribution in [-0.4, -0.2) is 39.3 Å². The summed E-state index contributed by atoms with van der Waals surface area (Å²) in [6, 6.07) is 12.6. The Bertz CT molecular complexity index is 1090. The summed E-state index contributed by atoms with van der Waals surface area (Å²) in [5.74, 6) is -0.192. The molecule has 1 heterocycles. The van der Waals surface area contributed by atoms with E-state index in [4.69, 9.17) is 14.2 Å². The smallest absolute Gasteiger partial charge is 0.462 e. The van der Waals surface area contributed by atoms with Gasteiger partial charge < -0.3 is 14.2 Å². The molecule has 0 radical (unpaired) electrons. The summed E-state index contributed by atoms with van der Waals surface area (Å²) in [6.45, 7) is 10.6. The molecule has 3 aromatic rings. The van der Waals surface area contributed by atoms with E-state index in [0.717, 1.165) is 5.56 Å². The predicted molar refractivity (Wildman–Crippen MR) is 115 cm³/mol. The topological polar surface area (TPSA) is 92.5 Å². The van der Waals surface area contributed by atoms with Crippen molar-refractivity contribution in [3.8, 4) is 11.4 Å². The number of nitrogens with zero attached hydrogens (tertiary/aromatic N) is 3. The molecule has 1 aromatic heterocycles. The molecule has 0 saturated carbocycles. The Balaban J connectivity index is 1.89. The van der Waals surface area contributed by atoms with Gasteiger partial charge in [0.15, 0.2) is 5.75 Å². The number of rotatable bonds is 6. The van der Waals surface area contributed by atoms with Crippen molar-refractivity contribution < 1.29 is 23.8 Å². The molecule has 0 aliphatic heterocycles. The molecular formula is C23H25N3O5. The van der Waals surface area contributed by atoms with Crippen LogP contribution in [0.2, 0.25) is 0 Å². The summed E-state index contributed by atoms with van der Waals surface area (Å²) in [5.41, 5.74) is 2.36. The highest BCUT2D eigenvalue weighted by Gasteiger charge is 2.21. The zero-order valence-corrected chi connectivity index (χ0v) is 18.0. The van der Waals surface area contributed by atoms with Gasteiger partial charge >= 0.3 is 12.1 Å². The van der Waals surface area contributed by atoms with Crippen LogP contribution >= 0.6 is 0 Å². The number of hydrogen-bond donors (Lipinski definition) is 0. The van der Waals surface area contributed by atoms with E-state index in [1.807, 2.05) is 24.3 Å². The van der Waals surface area contributed by atoms with Crippen LogP contribution in [0.1, 0.15) is 33.3 Å². The molecule has 31 heavy (non-hydrogen) atoms. The van der Waals surface area contributed by atoms with Gasteiger partial charge in [-0.25, -0.2) is 9.59 Å². The third-order valence-corrected chi connectivity index (χ3v) is 4.08. The van der Waals surface area contributed by atoms with Crippen LogP contribution in [0.3, 0.4) is 0 Å². The number of carbonyl (C=O) groups excluding carboxylic acids is 2. The van der Waals surface area contributed by atoms with Gasteiger partial charge in [-0.05, 0) is 57.5 Å². The molecule has 0 aliphatic carbocycles. The summed E-state index contributed by atoms with van der Waals surface area (Å²) >= 11 is 0. The van der Waals surface area contributed by atoms with Crippen LogP contribution in [0.15, 0.2) is 54.6 Å². The van der Waals surface area contributed by atoms with E-state index in [0.29, 0.717) is 28.7 Å². The molecule has 0 unspecified atom stereocenters. The Labute approximate surface area is 180 Å². The quantitative estimate of drug-likeness (QED) is 0.330. The third-order valence-electron chi connectivity index (χ3n) is 4.08. The van der Waals surface area contributed by atoms with Crippen molar-refractivity contribution in [1.82, 2.24) is 15.0 Å². The van der Waals surface area contributed by atoms with E-state index in [9.17, 15) is 9.59 Å². The van der Waals surface area contributed by atoms with Crippen molar-refractivity contribution in [1.29, 1.82) is 0 Å². The molecular weight excluding hydrogens is 398 g/mol. The molecule has 0 N–H and O–H groups in total. The summed E-state index contributed by atoms with van der Waals surface area (Å²) < 4.78 is 15.9. The summed E-state index contributed by atoms with van der Waals surface area (Å²) in [5, 5.41) is 8.95. The maximum atomic E-state index is 12.2. The molecule has 0 aliphatic rings. The normalized spacial score (nSPS) is 11.2. The molecule has 8 nitrogen and oxygen atoms in total. The molecule has 2 aromatic carbocycles. The molecule has 8 heteroatoms. The lowest BCUT2D eigenvalue weighted by atomic mass is 10.1. The minimum absolute atomic E-state index is 0.186. The molecule has 0 amide bonds. The number of benzene rings is 2. The van der Waals surface area contributed by atoms with E-state index in [1.165, 1.54) is 4.80 Å². The van der Waals surface area contributed by atoms with Gasteiger partial charge in [0.25, 0.3) is 0 Å². The summed E-state index contributed by atoms with van der Waals surface area (Å²) in [7, 11) is 0. The SMILES string of the molecule is C=C(C)C(=O)OCCc1ccc(OC(=O)OC(C)(C)C)c(-n2nc3ccccc3n2)c1. The number of carbonyl (C=O) groups is 2. The van der Waals surface area contributed by atoms with Gasteiger partial charge in [-0.1, -0.05) is 24.8 Å². The average Bonchev–Trinajstić information content (AvgIpc) is 3.11. The first-order chi connectivity index (χ1) is 14.6. The Hall–Kier alpha value is -3.68. The van der Waals surface area contributed by atoms with Crippen molar-refractivity contribution in [3.05, 3.63) is 60.2 Å². The first-order valence-corrected chi connectivity index (χ1v) is 9.81. The molecule has 0 bridgehead atoms. The average molecular weight is 423 g/mol. The van der Waals surface area contributed by atoms with Gasteiger partial charge in [-0.15, -0.1) is 15.0 Å². The van der Waals surface area contributed by atoms with Gasteiger partial charge in [0.2, 0.25) is 0 Å². The molecule has 3 rings (SSSR count). The standard InChI is InChI=1S/C23H25N3O5/c1-15(2)21(27)29-13-12-16-10-11-20(30-22(28)31-23(3,4)5)19(14-16)26-24-17-8-6-7-9-18(17)25-26/h6-11,14H,1,12-13H2,2-5H3. The lowest BCUT2D eigenvalue weighted by molar-refractivity contribution is -0.138. The Kier molecular flexibility index (Phi) is 6.39. The second kappa shape index (κ2) is 8.99. The van der Waals surface area contributed by atoms with Crippen molar-refractivity contribution in [3.63, 3.8) is 0 Å². The minimum atomic E-state index is -0.825. The Morgan fingerprint density at radius 1 is 1.06 bits per heavy atom. The van der Waals surface area contributed by atoms with Crippen LogP contribution in [0.25, 0.3) is 16.7 Å². The fourth-order valence-corrected chi connectivity index (χ4v) is 2.67. The number of ether oxygens (including phenoxy) is 3. The monoisotopic (exact) mass is 423 g/mol. The second-order valence-corrected chi connectivity index (χ2v) is 8.01. The van der Waals surface area contributed by atoms with Crippen LogP contribution < -0.4 is 4.74 Å². The van der Waals surface area contributed by atoms with Crippen LogP contribution in [0.5, 0.6) is 5.75 Å². The number of hydrogen-bond acceptors (Lipinski definition) is 7. The van der Waals surface area contributed by atoms with Crippen LogP contribution in [-0.2, 0) is 20.7 Å². The largest absolute Gasteiger partial charge is 0.514 e. The predicted octanol–water partition coefficient (Wildman–Crippen LogP) is 4.40. The zero-order chi connectivity index (χ0) is 22.6. The Morgan fingerprint density at radius 2 is 1.71 bits per heavy atom. The summed E-state index contributed by atoms with van der Waals surface area (Å²) in [4.78, 5) is 25.2. The molecule has 0 fully saturated rings. The highest BCUT2D eigenvalue weighted by atomic mass is 16.7. The first-order valence-electron chi connectivity index (χ1n) is 9.81.